The Balaban J connectivity index is 1.77. The Kier molecular flexibility index (Phi) is 4.68. The van der Waals surface area contributed by atoms with Crippen LogP contribution in [0.3, 0.4) is 0 Å². The first kappa shape index (κ1) is 13.7. The molecule has 1 amide bonds. The maximum absolute atomic E-state index is 11.8. The molecule has 0 saturated carbocycles. The Bertz CT molecular complexity index is 445. The van der Waals surface area contributed by atoms with Crippen molar-refractivity contribution in [2.24, 2.45) is 0 Å². The number of nitrogens with one attached hydrogen (secondary N) is 1. The number of carbonyl (C=O) groups excluding carboxylic acids is 2. The van der Waals surface area contributed by atoms with E-state index in [1.54, 1.807) is 24.3 Å². The van der Waals surface area contributed by atoms with E-state index in [4.69, 9.17) is 0 Å². The van der Waals surface area contributed by atoms with Crippen molar-refractivity contribution in [3.63, 3.8) is 0 Å². The second kappa shape index (κ2) is 6.48. The standard InChI is InChI=1S/C15H20N2O2/c1-17-9-5-8-13(17)11-16-15(19)10-14(18)12-6-3-2-4-7-12/h2-4,6-7,13H,5,8-11H2,1H3,(H,16,19). The van der Waals surface area contributed by atoms with Gasteiger partial charge in [0.15, 0.2) is 5.78 Å². The Morgan fingerprint density at radius 2 is 2.05 bits per heavy atom. The van der Waals surface area contributed by atoms with E-state index >= 15 is 0 Å². The van der Waals surface area contributed by atoms with Gasteiger partial charge in [0, 0.05) is 18.2 Å². The van der Waals surface area contributed by atoms with Crippen molar-refractivity contribution in [2.75, 3.05) is 20.1 Å². The molecule has 1 aliphatic heterocycles. The topological polar surface area (TPSA) is 49.4 Å². The van der Waals surface area contributed by atoms with Crippen molar-refractivity contribution < 1.29 is 9.59 Å². The van der Waals surface area contributed by atoms with E-state index < -0.39 is 0 Å². The molecule has 0 radical (unpaired) electrons. The summed E-state index contributed by atoms with van der Waals surface area (Å²) in [5.74, 6) is -0.313. The molecule has 0 aromatic heterocycles. The molecule has 2 rings (SSSR count). The van der Waals surface area contributed by atoms with Gasteiger partial charge in [-0.05, 0) is 26.4 Å². The van der Waals surface area contributed by atoms with Gasteiger partial charge in [0.25, 0.3) is 0 Å². The number of rotatable bonds is 5. The van der Waals surface area contributed by atoms with Crippen LogP contribution in [0, 0.1) is 0 Å². The molecule has 1 saturated heterocycles. The molecule has 0 spiro atoms. The fraction of sp³-hybridized carbons (Fsp3) is 0.467. The summed E-state index contributed by atoms with van der Waals surface area (Å²) in [5.41, 5.74) is 0.593. The first-order valence-electron chi connectivity index (χ1n) is 6.72. The van der Waals surface area contributed by atoms with Crippen LogP contribution in [0.4, 0.5) is 0 Å². The van der Waals surface area contributed by atoms with E-state index in [0.717, 1.165) is 13.0 Å². The molecular weight excluding hydrogens is 240 g/mol. The number of ketones is 1. The third kappa shape index (κ3) is 3.89. The number of likely N-dealkylation sites (tertiary alicyclic amines) is 1. The largest absolute Gasteiger partial charge is 0.354 e. The summed E-state index contributed by atoms with van der Waals surface area (Å²) in [7, 11) is 2.07. The van der Waals surface area contributed by atoms with Crippen LogP contribution >= 0.6 is 0 Å². The Labute approximate surface area is 113 Å². The van der Waals surface area contributed by atoms with Crippen molar-refractivity contribution in [3.05, 3.63) is 35.9 Å². The van der Waals surface area contributed by atoms with Gasteiger partial charge in [-0.1, -0.05) is 30.3 Å². The molecular formula is C15H20N2O2. The summed E-state index contributed by atoms with van der Waals surface area (Å²) >= 11 is 0. The zero-order valence-electron chi connectivity index (χ0n) is 11.3. The maximum Gasteiger partial charge on any atom is 0.227 e. The van der Waals surface area contributed by atoms with Crippen LogP contribution in [0.5, 0.6) is 0 Å². The van der Waals surface area contributed by atoms with Gasteiger partial charge >= 0.3 is 0 Å². The van der Waals surface area contributed by atoms with E-state index in [0.29, 0.717) is 18.2 Å². The van der Waals surface area contributed by atoms with Gasteiger partial charge in [0.05, 0.1) is 6.42 Å². The van der Waals surface area contributed by atoms with Gasteiger partial charge in [0.2, 0.25) is 5.91 Å². The van der Waals surface area contributed by atoms with Gasteiger partial charge in [-0.3, -0.25) is 9.59 Å². The molecule has 1 atom stereocenters. The Hall–Kier alpha value is -1.68. The molecule has 1 heterocycles. The predicted molar refractivity (Wildman–Crippen MR) is 74.1 cm³/mol. The zero-order valence-corrected chi connectivity index (χ0v) is 11.3. The second-order valence-electron chi connectivity index (χ2n) is 5.05. The smallest absolute Gasteiger partial charge is 0.227 e. The molecule has 1 N–H and O–H groups in total. The summed E-state index contributed by atoms with van der Waals surface area (Å²) < 4.78 is 0. The molecule has 1 aliphatic rings. The minimum Gasteiger partial charge on any atom is -0.354 e. The summed E-state index contributed by atoms with van der Waals surface area (Å²) in [6.07, 6.45) is 2.23. The lowest BCUT2D eigenvalue weighted by Crippen LogP contribution is -2.38. The van der Waals surface area contributed by atoms with Crippen LogP contribution < -0.4 is 5.32 Å². The summed E-state index contributed by atoms with van der Waals surface area (Å²) in [6.45, 7) is 1.72. The van der Waals surface area contributed by atoms with Crippen molar-refractivity contribution in [2.45, 2.75) is 25.3 Å². The summed E-state index contributed by atoms with van der Waals surface area (Å²) in [5, 5.41) is 2.85. The van der Waals surface area contributed by atoms with Crippen molar-refractivity contribution in [1.29, 1.82) is 0 Å². The van der Waals surface area contributed by atoms with Gasteiger partial charge in [-0.15, -0.1) is 0 Å². The lowest BCUT2D eigenvalue weighted by molar-refractivity contribution is -0.120. The average molecular weight is 260 g/mol. The number of benzene rings is 1. The molecule has 0 bridgehead atoms. The van der Waals surface area contributed by atoms with Gasteiger partial charge in [0.1, 0.15) is 0 Å². The third-order valence-corrected chi connectivity index (χ3v) is 3.62. The quantitative estimate of drug-likeness (QED) is 0.644. The van der Waals surface area contributed by atoms with Crippen LogP contribution in [0.15, 0.2) is 30.3 Å². The summed E-state index contributed by atoms with van der Waals surface area (Å²) in [4.78, 5) is 25.8. The van der Waals surface area contributed by atoms with Crippen LogP contribution in [0.1, 0.15) is 29.6 Å². The molecule has 4 nitrogen and oxygen atoms in total. The molecule has 0 aliphatic carbocycles. The van der Waals surface area contributed by atoms with E-state index in [-0.39, 0.29) is 18.1 Å². The lowest BCUT2D eigenvalue weighted by Gasteiger charge is -2.19. The number of nitrogens with zero attached hydrogens (tertiary/aromatic N) is 1. The highest BCUT2D eigenvalue weighted by atomic mass is 16.2. The average Bonchev–Trinajstić information content (AvgIpc) is 2.83. The minimum absolute atomic E-state index is 0.0690. The highest BCUT2D eigenvalue weighted by molar-refractivity contribution is 6.07. The van der Waals surface area contributed by atoms with Crippen LogP contribution in [0.2, 0.25) is 0 Å². The van der Waals surface area contributed by atoms with Crippen molar-refractivity contribution in [3.8, 4) is 0 Å². The molecule has 1 unspecified atom stereocenters. The molecule has 1 aromatic carbocycles. The normalized spacial score (nSPS) is 19.3. The van der Waals surface area contributed by atoms with E-state index in [1.807, 2.05) is 6.07 Å². The first-order valence-corrected chi connectivity index (χ1v) is 6.72. The fourth-order valence-electron chi connectivity index (χ4n) is 2.40. The number of hydrogen-bond acceptors (Lipinski definition) is 3. The third-order valence-electron chi connectivity index (χ3n) is 3.62. The second-order valence-corrected chi connectivity index (χ2v) is 5.05. The SMILES string of the molecule is CN1CCCC1CNC(=O)CC(=O)c1ccccc1. The van der Waals surface area contributed by atoms with Gasteiger partial charge in [-0.25, -0.2) is 0 Å². The van der Waals surface area contributed by atoms with Gasteiger partial charge in [-0.2, -0.15) is 0 Å². The highest BCUT2D eigenvalue weighted by Gasteiger charge is 2.21. The highest BCUT2D eigenvalue weighted by Crippen LogP contribution is 2.13. The Morgan fingerprint density at radius 1 is 1.32 bits per heavy atom. The molecule has 1 fully saturated rings. The minimum atomic E-state index is -0.186. The van der Waals surface area contributed by atoms with Gasteiger partial charge < -0.3 is 10.2 Å². The number of amides is 1. The van der Waals surface area contributed by atoms with Crippen LogP contribution in [0.25, 0.3) is 0 Å². The van der Waals surface area contributed by atoms with Crippen molar-refractivity contribution in [1.82, 2.24) is 10.2 Å². The monoisotopic (exact) mass is 260 g/mol. The number of carbonyl (C=O) groups is 2. The predicted octanol–water partition coefficient (Wildman–Crippen LogP) is 1.47. The molecule has 1 aromatic rings. The molecule has 102 valence electrons. The van der Waals surface area contributed by atoms with Crippen LogP contribution in [-0.2, 0) is 4.79 Å². The van der Waals surface area contributed by atoms with Crippen molar-refractivity contribution >= 4 is 11.7 Å². The first-order chi connectivity index (χ1) is 9.16. The zero-order chi connectivity index (χ0) is 13.7. The number of hydrogen-bond donors (Lipinski definition) is 1. The van der Waals surface area contributed by atoms with E-state index in [9.17, 15) is 9.59 Å². The molecule has 19 heavy (non-hydrogen) atoms. The van der Waals surface area contributed by atoms with Crippen LogP contribution in [-0.4, -0.2) is 42.8 Å². The maximum atomic E-state index is 11.8. The Morgan fingerprint density at radius 3 is 2.68 bits per heavy atom. The van der Waals surface area contributed by atoms with E-state index in [1.165, 1.54) is 6.42 Å². The summed E-state index contributed by atoms with van der Waals surface area (Å²) in [6, 6.07) is 9.35. The number of likely N-dealkylation sites (N-methyl/N-ethyl adjacent to an activating group) is 1. The molecule has 4 heteroatoms. The van der Waals surface area contributed by atoms with E-state index in [2.05, 4.69) is 17.3 Å². The lowest BCUT2D eigenvalue weighted by atomic mass is 10.1. The number of Topliss-reactive ketones (excluding diaryl/α,β-unsaturated/α-hetero) is 1. The fourth-order valence-corrected chi connectivity index (χ4v) is 2.40.